The van der Waals surface area contributed by atoms with Crippen LogP contribution in [0.5, 0.6) is 0 Å². The molecular formula is C20H42O2S. The van der Waals surface area contributed by atoms with Crippen LogP contribution in [0.1, 0.15) is 96.8 Å². The molecule has 0 amide bonds. The topological polar surface area (TPSA) is 29.5 Å². The van der Waals surface area contributed by atoms with E-state index in [2.05, 4.69) is 6.92 Å². The van der Waals surface area contributed by atoms with Gasteiger partial charge in [-0.15, -0.1) is 0 Å². The SMILES string of the molecule is CCCCCCCCCCCCCCCOCCSCCCO. The zero-order valence-electron chi connectivity index (χ0n) is 15.7. The monoisotopic (exact) mass is 346 g/mol. The van der Waals surface area contributed by atoms with Crippen LogP contribution in [0.2, 0.25) is 0 Å². The molecule has 1 N–H and O–H groups in total. The molecule has 0 aliphatic heterocycles. The Labute approximate surface area is 150 Å². The standard InChI is InChI=1S/C20H42O2S/c1-2-3-4-5-6-7-8-9-10-11-12-13-14-17-22-18-20-23-19-15-16-21/h21H,2-20H2,1H3. The third-order valence-corrected chi connectivity index (χ3v) is 5.24. The number of unbranched alkanes of at least 4 members (excludes halogenated alkanes) is 12. The van der Waals surface area contributed by atoms with E-state index in [1.165, 1.54) is 83.5 Å². The number of ether oxygens (including phenoxy) is 1. The summed E-state index contributed by atoms with van der Waals surface area (Å²) in [6.07, 6.45) is 19.1. The van der Waals surface area contributed by atoms with Crippen molar-refractivity contribution in [3.8, 4) is 0 Å². The molecule has 0 saturated carbocycles. The Morgan fingerprint density at radius 1 is 0.609 bits per heavy atom. The molecule has 0 aromatic carbocycles. The molecule has 0 bridgehead atoms. The van der Waals surface area contributed by atoms with E-state index in [1.54, 1.807) is 0 Å². The second-order valence-electron chi connectivity index (χ2n) is 6.54. The van der Waals surface area contributed by atoms with E-state index in [4.69, 9.17) is 9.84 Å². The second-order valence-corrected chi connectivity index (χ2v) is 7.77. The van der Waals surface area contributed by atoms with Gasteiger partial charge >= 0.3 is 0 Å². The fourth-order valence-electron chi connectivity index (χ4n) is 2.71. The van der Waals surface area contributed by atoms with E-state index in [-0.39, 0.29) is 0 Å². The van der Waals surface area contributed by atoms with E-state index in [1.807, 2.05) is 11.8 Å². The molecule has 0 aromatic rings. The molecule has 0 aliphatic carbocycles. The Morgan fingerprint density at radius 3 is 1.65 bits per heavy atom. The van der Waals surface area contributed by atoms with Crippen molar-refractivity contribution in [3.05, 3.63) is 0 Å². The van der Waals surface area contributed by atoms with Crippen LogP contribution in [-0.2, 0) is 4.74 Å². The van der Waals surface area contributed by atoms with Crippen molar-refractivity contribution < 1.29 is 9.84 Å². The highest BCUT2D eigenvalue weighted by Crippen LogP contribution is 2.12. The van der Waals surface area contributed by atoms with Gasteiger partial charge in [0, 0.05) is 19.0 Å². The first-order valence-corrected chi connectivity index (χ1v) is 11.3. The molecule has 3 heteroatoms. The van der Waals surface area contributed by atoms with Gasteiger partial charge in [0.1, 0.15) is 0 Å². The Kier molecular flexibility index (Phi) is 22.5. The Morgan fingerprint density at radius 2 is 1.13 bits per heavy atom. The van der Waals surface area contributed by atoms with Gasteiger partial charge in [0.05, 0.1) is 6.61 Å². The summed E-state index contributed by atoms with van der Waals surface area (Å²) in [5.74, 6) is 2.12. The number of hydrogen-bond donors (Lipinski definition) is 1. The third-order valence-electron chi connectivity index (χ3n) is 4.21. The molecule has 0 atom stereocenters. The molecule has 0 spiro atoms. The average Bonchev–Trinajstić information content (AvgIpc) is 2.57. The van der Waals surface area contributed by atoms with Crippen LogP contribution in [0.4, 0.5) is 0 Å². The normalized spacial score (nSPS) is 11.2. The first kappa shape index (κ1) is 23.3. The van der Waals surface area contributed by atoms with Gasteiger partial charge in [-0.1, -0.05) is 84.0 Å². The van der Waals surface area contributed by atoms with Crippen molar-refractivity contribution in [1.82, 2.24) is 0 Å². The summed E-state index contributed by atoms with van der Waals surface area (Å²) in [5, 5.41) is 8.67. The fraction of sp³-hybridized carbons (Fsp3) is 1.00. The van der Waals surface area contributed by atoms with Gasteiger partial charge in [0.2, 0.25) is 0 Å². The minimum atomic E-state index is 0.312. The minimum absolute atomic E-state index is 0.312. The summed E-state index contributed by atoms with van der Waals surface area (Å²) in [6, 6.07) is 0. The summed E-state index contributed by atoms with van der Waals surface area (Å²) < 4.78 is 5.63. The lowest BCUT2D eigenvalue weighted by molar-refractivity contribution is 0.145. The molecular weight excluding hydrogens is 304 g/mol. The smallest absolute Gasteiger partial charge is 0.0556 e. The highest BCUT2D eigenvalue weighted by molar-refractivity contribution is 7.99. The van der Waals surface area contributed by atoms with E-state index < -0.39 is 0 Å². The molecule has 0 rings (SSSR count). The van der Waals surface area contributed by atoms with Gasteiger partial charge in [-0.05, 0) is 18.6 Å². The molecule has 0 saturated heterocycles. The van der Waals surface area contributed by atoms with Crippen molar-refractivity contribution >= 4 is 11.8 Å². The number of aliphatic hydroxyl groups excluding tert-OH is 1. The number of rotatable bonds is 20. The molecule has 0 radical (unpaired) electrons. The van der Waals surface area contributed by atoms with Crippen LogP contribution in [0.25, 0.3) is 0 Å². The molecule has 0 heterocycles. The summed E-state index contributed by atoms with van der Waals surface area (Å²) in [7, 11) is 0. The van der Waals surface area contributed by atoms with Crippen LogP contribution in [0.15, 0.2) is 0 Å². The Bertz CT molecular complexity index is 180. The minimum Gasteiger partial charge on any atom is -0.396 e. The molecule has 0 aliphatic rings. The van der Waals surface area contributed by atoms with Gasteiger partial charge in [-0.3, -0.25) is 0 Å². The Balaban J connectivity index is 2.92. The number of hydrogen-bond acceptors (Lipinski definition) is 3. The highest BCUT2D eigenvalue weighted by atomic mass is 32.2. The largest absolute Gasteiger partial charge is 0.396 e. The van der Waals surface area contributed by atoms with Crippen molar-refractivity contribution in [1.29, 1.82) is 0 Å². The molecule has 0 fully saturated rings. The molecule has 2 nitrogen and oxygen atoms in total. The zero-order chi connectivity index (χ0) is 16.8. The quantitative estimate of drug-likeness (QED) is 0.266. The van der Waals surface area contributed by atoms with Crippen LogP contribution in [-0.4, -0.2) is 36.4 Å². The third kappa shape index (κ3) is 22.3. The lowest BCUT2D eigenvalue weighted by atomic mass is 10.0. The highest BCUT2D eigenvalue weighted by Gasteiger charge is 1.95. The van der Waals surface area contributed by atoms with Crippen molar-refractivity contribution in [2.24, 2.45) is 0 Å². The van der Waals surface area contributed by atoms with Crippen molar-refractivity contribution in [2.45, 2.75) is 96.8 Å². The van der Waals surface area contributed by atoms with Crippen molar-refractivity contribution in [2.75, 3.05) is 31.3 Å². The molecule has 0 aromatic heterocycles. The molecule has 140 valence electrons. The maximum atomic E-state index is 8.67. The van der Waals surface area contributed by atoms with E-state index in [0.717, 1.165) is 31.1 Å². The maximum Gasteiger partial charge on any atom is 0.0556 e. The van der Waals surface area contributed by atoms with Crippen LogP contribution >= 0.6 is 11.8 Å². The van der Waals surface area contributed by atoms with Gasteiger partial charge in [-0.25, -0.2) is 0 Å². The summed E-state index contributed by atoms with van der Waals surface area (Å²) in [5.41, 5.74) is 0. The van der Waals surface area contributed by atoms with E-state index in [0.29, 0.717) is 6.61 Å². The van der Waals surface area contributed by atoms with Gasteiger partial charge in [0.15, 0.2) is 0 Å². The van der Waals surface area contributed by atoms with E-state index >= 15 is 0 Å². The molecule has 23 heavy (non-hydrogen) atoms. The van der Waals surface area contributed by atoms with Crippen molar-refractivity contribution in [3.63, 3.8) is 0 Å². The lowest BCUT2D eigenvalue weighted by Crippen LogP contribution is -2.00. The van der Waals surface area contributed by atoms with Gasteiger partial charge < -0.3 is 9.84 Å². The zero-order valence-corrected chi connectivity index (χ0v) is 16.5. The Hall–Kier alpha value is 0.270. The summed E-state index contributed by atoms with van der Waals surface area (Å²) >= 11 is 1.88. The lowest BCUT2D eigenvalue weighted by Gasteiger charge is -2.05. The summed E-state index contributed by atoms with van der Waals surface area (Å²) in [4.78, 5) is 0. The predicted molar refractivity (Wildman–Crippen MR) is 106 cm³/mol. The predicted octanol–water partition coefficient (Wildman–Crippen LogP) is 6.21. The summed E-state index contributed by atoms with van der Waals surface area (Å²) in [6.45, 7) is 4.39. The van der Waals surface area contributed by atoms with Gasteiger partial charge in [0.25, 0.3) is 0 Å². The maximum absolute atomic E-state index is 8.67. The van der Waals surface area contributed by atoms with Crippen LogP contribution in [0.3, 0.4) is 0 Å². The number of thioether (sulfide) groups is 1. The molecule has 0 unspecified atom stereocenters. The first-order valence-electron chi connectivity index (χ1n) is 10.2. The average molecular weight is 347 g/mol. The second kappa shape index (κ2) is 22.3. The van der Waals surface area contributed by atoms with Gasteiger partial charge in [-0.2, -0.15) is 11.8 Å². The van der Waals surface area contributed by atoms with Crippen LogP contribution in [0, 0.1) is 0 Å². The van der Waals surface area contributed by atoms with Crippen LogP contribution < -0.4 is 0 Å². The number of aliphatic hydroxyl groups is 1. The first-order chi connectivity index (χ1) is 11.4. The van der Waals surface area contributed by atoms with E-state index in [9.17, 15) is 0 Å². The fourth-order valence-corrected chi connectivity index (χ4v) is 3.48.